The number of rotatable bonds is 3. The van der Waals surface area contributed by atoms with Gasteiger partial charge in [-0.15, -0.1) is 11.3 Å². The number of imidazole rings is 1. The fraction of sp³-hybridized carbons (Fsp3) is 0.294. The molecule has 4 aromatic rings. The Balaban J connectivity index is 0.00000241. The van der Waals surface area contributed by atoms with Gasteiger partial charge in [0, 0.05) is 0 Å². The number of phosphoric ester groups is 1. The molecule has 3 unspecified atom stereocenters. The molecule has 33 heavy (non-hydrogen) atoms. The van der Waals surface area contributed by atoms with Gasteiger partial charge in [-0.25, -0.2) is 9.97 Å². The third kappa shape index (κ3) is 3.57. The number of fused-ring (bicyclic) bond motifs is 3. The summed E-state index contributed by atoms with van der Waals surface area (Å²) in [6.07, 6.45) is -4.64. The molecule has 0 bridgehead atoms. The highest BCUT2D eigenvalue weighted by atomic mass is 32.2. The summed E-state index contributed by atoms with van der Waals surface area (Å²) >= 11 is 2.57. The zero-order valence-corrected chi connectivity index (χ0v) is 18.9. The van der Waals surface area contributed by atoms with E-state index in [1.165, 1.54) is 15.9 Å². The van der Waals surface area contributed by atoms with E-state index >= 15 is 0 Å². The fourth-order valence-corrected chi connectivity index (χ4v) is 6.83. The van der Waals surface area contributed by atoms with Crippen LogP contribution in [0.4, 0.5) is 5.95 Å². The van der Waals surface area contributed by atoms with Crippen molar-refractivity contribution in [3.05, 3.63) is 34.6 Å². The van der Waals surface area contributed by atoms with E-state index in [0.29, 0.717) is 4.34 Å². The molecule has 1 aromatic carbocycles. The van der Waals surface area contributed by atoms with E-state index < -0.39 is 37.9 Å². The summed E-state index contributed by atoms with van der Waals surface area (Å²) in [5, 5.41) is 11.2. The molecule has 0 spiro atoms. The van der Waals surface area contributed by atoms with Gasteiger partial charge in [0.2, 0.25) is 5.95 Å². The lowest BCUT2D eigenvalue weighted by Gasteiger charge is -2.34. The van der Waals surface area contributed by atoms with Crippen LogP contribution in [0.2, 0.25) is 0 Å². The molecule has 2 aliphatic heterocycles. The highest BCUT2D eigenvalue weighted by Crippen LogP contribution is 2.50. The molecule has 172 valence electrons. The number of benzene rings is 1. The first-order valence-electron chi connectivity index (χ1n) is 9.58. The molecule has 0 radical (unpaired) electrons. The number of phosphoric acid groups is 1. The largest absolute Gasteiger partial charge is 1.00 e. The van der Waals surface area contributed by atoms with Gasteiger partial charge < -0.3 is 29.5 Å². The minimum Gasteiger partial charge on any atom is -0.756 e. The third-order valence-corrected chi connectivity index (χ3v) is 8.24. The minimum absolute atomic E-state index is 0. The number of hydrogen-bond acceptors (Lipinski definition) is 13. The van der Waals surface area contributed by atoms with Gasteiger partial charge in [-0.3, -0.25) is 18.9 Å². The van der Waals surface area contributed by atoms with E-state index in [4.69, 9.17) is 19.5 Å². The van der Waals surface area contributed by atoms with E-state index in [2.05, 4.69) is 19.9 Å². The number of aromatic amines is 1. The van der Waals surface area contributed by atoms with Crippen molar-refractivity contribution in [2.45, 2.75) is 34.0 Å². The second-order valence-electron chi connectivity index (χ2n) is 7.31. The van der Waals surface area contributed by atoms with Gasteiger partial charge >= 0.3 is 1.43 Å². The summed E-state index contributed by atoms with van der Waals surface area (Å²) in [6.45, 7) is -0.317. The van der Waals surface area contributed by atoms with Crippen molar-refractivity contribution in [1.29, 1.82) is 0 Å². The Morgan fingerprint density at radius 1 is 1.36 bits per heavy atom. The topological polar surface area (TPSA) is 191 Å². The molecular formula is C17H15N6O7PS2. The Kier molecular flexibility index (Phi) is 4.87. The Morgan fingerprint density at radius 3 is 3.00 bits per heavy atom. The normalized spacial score (nSPS) is 29.6. The van der Waals surface area contributed by atoms with E-state index in [1.54, 1.807) is 0 Å². The van der Waals surface area contributed by atoms with Crippen LogP contribution in [0.3, 0.4) is 0 Å². The molecule has 4 N–H and O–H groups in total. The van der Waals surface area contributed by atoms with Crippen molar-refractivity contribution in [3.63, 3.8) is 0 Å². The van der Waals surface area contributed by atoms with Crippen LogP contribution in [0, 0.1) is 0 Å². The first-order chi connectivity index (χ1) is 15.8. The van der Waals surface area contributed by atoms with Gasteiger partial charge in [0.15, 0.2) is 26.9 Å². The van der Waals surface area contributed by atoms with Gasteiger partial charge in [0.1, 0.15) is 18.3 Å². The zero-order valence-electron chi connectivity index (χ0n) is 17.4. The lowest BCUT2D eigenvalue weighted by molar-refractivity contribution is -0.245. The number of nitrogen functional groups attached to an aromatic ring is 1. The Bertz CT molecular complexity index is 1480. The molecule has 16 heteroatoms. The molecule has 6 rings (SSSR count). The first-order valence-corrected chi connectivity index (χ1v) is 12.7. The molecule has 5 heterocycles. The maximum atomic E-state index is 12.5. The van der Waals surface area contributed by atoms with Gasteiger partial charge in [0.25, 0.3) is 13.4 Å². The zero-order chi connectivity index (χ0) is 22.9. The summed E-state index contributed by atoms with van der Waals surface area (Å²) < 4.78 is 30.2. The maximum absolute atomic E-state index is 12.5. The Hall–Kier alpha value is -2.36. The van der Waals surface area contributed by atoms with Gasteiger partial charge in [0.05, 0.1) is 16.8 Å². The number of para-hydroxylation sites is 1. The molecule has 2 fully saturated rings. The van der Waals surface area contributed by atoms with Crippen LogP contribution in [0.15, 0.2) is 38.6 Å². The smallest absolute Gasteiger partial charge is 0.756 e. The molecule has 0 amide bonds. The molecule has 0 aliphatic carbocycles. The summed E-state index contributed by atoms with van der Waals surface area (Å²) in [7, 11) is -4.56. The predicted molar refractivity (Wildman–Crippen MR) is 116 cm³/mol. The van der Waals surface area contributed by atoms with Gasteiger partial charge in [-0.05, 0) is 23.9 Å². The maximum Gasteiger partial charge on any atom is 1.00 e. The molecule has 5 atom stereocenters. The number of anilines is 1. The van der Waals surface area contributed by atoms with Crippen molar-refractivity contribution >= 4 is 58.3 Å². The van der Waals surface area contributed by atoms with Crippen LogP contribution in [-0.4, -0.2) is 54.5 Å². The highest BCUT2D eigenvalue weighted by Gasteiger charge is 2.51. The fourth-order valence-electron chi connectivity index (χ4n) is 3.80. The van der Waals surface area contributed by atoms with Crippen LogP contribution in [0.5, 0.6) is 0 Å². The number of nitrogens with two attached hydrogens (primary N) is 1. The van der Waals surface area contributed by atoms with Crippen LogP contribution in [-0.2, 0) is 18.3 Å². The summed E-state index contributed by atoms with van der Waals surface area (Å²) in [5.74, 6) is -0.154. The van der Waals surface area contributed by atoms with Crippen LogP contribution < -0.4 is 16.2 Å². The molecular weight excluding hydrogens is 495 g/mol. The predicted octanol–water partition coefficient (Wildman–Crippen LogP) is 0.717. The van der Waals surface area contributed by atoms with Crippen molar-refractivity contribution in [1.82, 2.24) is 24.5 Å². The monoisotopic (exact) mass is 510 g/mol. The third-order valence-electron chi connectivity index (χ3n) is 5.20. The highest BCUT2D eigenvalue weighted by molar-refractivity contribution is 8.01. The molecule has 13 nitrogen and oxygen atoms in total. The van der Waals surface area contributed by atoms with Crippen molar-refractivity contribution in [3.8, 4) is 0 Å². The Morgan fingerprint density at radius 2 is 2.18 bits per heavy atom. The lowest BCUT2D eigenvalue weighted by Crippen LogP contribution is -2.41. The second kappa shape index (κ2) is 7.58. The van der Waals surface area contributed by atoms with E-state index in [0.717, 1.165) is 22.0 Å². The number of nitrogens with one attached hydrogen (secondary N) is 1. The molecule has 3 aromatic heterocycles. The van der Waals surface area contributed by atoms with Crippen molar-refractivity contribution < 1.29 is 29.8 Å². The van der Waals surface area contributed by atoms with E-state index in [1.807, 2.05) is 24.3 Å². The molecule has 2 saturated heterocycles. The number of aromatic nitrogens is 5. The molecule has 2 aliphatic rings. The number of nitrogens with zero attached hydrogens (tertiary/aromatic N) is 4. The summed E-state index contributed by atoms with van der Waals surface area (Å²) in [6, 6.07) is 7.58. The average molecular weight is 510 g/mol. The SMILES string of the molecule is Nc1nc2c(nc(Sc3nc4ccccc4s3)n2[C@@H]2OC3COP(=O)([O-])O[C@H]3C2O)c(=O)[nH]1.[H+]. The van der Waals surface area contributed by atoms with E-state index in [-0.39, 0.29) is 30.3 Å². The summed E-state index contributed by atoms with van der Waals surface area (Å²) in [5.41, 5.74) is 6.01. The average Bonchev–Trinajstić information content (AvgIpc) is 3.41. The van der Waals surface area contributed by atoms with Crippen LogP contribution in [0.1, 0.15) is 7.65 Å². The quantitative estimate of drug-likeness (QED) is 0.328. The van der Waals surface area contributed by atoms with Crippen LogP contribution in [0.25, 0.3) is 21.4 Å². The second-order valence-corrected chi connectivity index (χ2v) is 10.9. The number of hydrogen-bond donors (Lipinski definition) is 3. The number of aliphatic hydroxyl groups is 1. The number of thiazole rings is 1. The number of ether oxygens (including phenoxy) is 1. The Labute approximate surface area is 193 Å². The van der Waals surface area contributed by atoms with Crippen molar-refractivity contribution in [2.75, 3.05) is 12.3 Å². The number of aliphatic hydroxyl groups excluding tert-OH is 1. The minimum atomic E-state index is -4.56. The standard InChI is InChI=1S/C17H15N6O7PS2/c18-15-21-12-9(13(25)22-15)20-16(33-17-19-6-3-1-2-4-8(6)32-17)23(12)14-10(24)11-7(29-14)5-28-31(26,27)30-11/h1-4,7,10-11,14,24H,5H2,(H,26,27)(H3,18,21,22,25)/t7?,10?,11-,14-/m1/s1. The summed E-state index contributed by atoms with van der Waals surface area (Å²) in [4.78, 5) is 39.8. The van der Waals surface area contributed by atoms with Gasteiger partial charge in [-0.1, -0.05) is 12.1 Å². The molecule has 0 saturated carbocycles. The van der Waals surface area contributed by atoms with E-state index in [9.17, 15) is 19.4 Å². The first kappa shape index (κ1) is 21.2. The van der Waals surface area contributed by atoms with Crippen molar-refractivity contribution in [2.24, 2.45) is 0 Å². The van der Waals surface area contributed by atoms with Gasteiger partial charge in [-0.2, -0.15) is 4.98 Å². The van der Waals surface area contributed by atoms with Crippen LogP contribution >= 0.6 is 30.9 Å². The lowest BCUT2D eigenvalue weighted by atomic mass is 10.1. The number of H-pyrrole nitrogens is 1.